The average Bonchev–Trinajstić information content (AvgIpc) is 2.81. The summed E-state index contributed by atoms with van der Waals surface area (Å²) in [5.74, 6) is -0.599. The maximum absolute atomic E-state index is 13.4. The highest BCUT2D eigenvalue weighted by atomic mass is 35.5. The molecule has 1 aromatic heterocycles. The lowest BCUT2D eigenvalue weighted by atomic mass is 10.2. The van der Waals surface area contributed by atoms with Crippen molar-refractivity contribution in [1.29, 1.82) is 0 Å². The fourth-order valence-electron chi connectivity index (χ4n) is 3.73. The fraction of sp³-hybridized carbons (Fsp3) is 0.261. The van der Waals surface area contributed by atoms with Gasteiger partial charge in [-0.2, -0.15) is 9.78 Å². The molecule has 1 aliphatic heterocycles. The van der Waals surface area contributed by atoms with Gasteiger partial charge in [-0.25, -0.2) is 4.39 Å². The van der Waals surface area contributed by atoms with E-state index in [1.165, 1.54) is 16.8 Å². The van der Waals surface area contributed by atoms with Gasteiger partial charge < -0.3 is 10.2 Å². The van der Waals surface area contributed by atoms with Gasteiger partial charge in [-0.05, 0) is 37.3 Å². The van der Waals surface area contributed by atoms with Crippen LogP contribution in [0.2, 0.25) is 5.02 Å². The Balaban J connectivity index is 1.41. The largest absolute Gasteiger partial charge is 0.366 e. The number of para-hydroxylation sites is 1. The maximum atomic E-state index is 13.4. The van der Waals surface area contributed by atoms with Crippen molar-refractivity contribution in [3.05, 3.63) is 82.0 Å². The Morgan fingerprint density at radius 1 is 1.09 bits per heavy atom. The number of carbonyl (C=O) groups excluding carboxylic acids is 1. The lowest BCUT2D eigenvalue weighted by molar-refractivity contribution is -0.120. The normalized spacial score (nSPS) is 15.4. The van der Waals surface area contributed by atoms with E-state index in [9.17, 15) is 14.0 Å². The molecule has 9 heteroatoms. The van der Waals surface area contributed by atoms with E-state index < -0.39 is 5.82 Å². The van der Waals surface area contributed by atoms with Gasteiger partial charge >= 0.3 is 0 Å². The molecule has 3 aromatic rings. The highest BCUT2D eigenvalue weighted by Gasteiger charge is 2.27. The number of benzene rings is 2. The molecule has 0 spiro atoms. The van der Waals surface area contributed by atoms with Crippen LogP contribution in [0.4, 0.5) is 15.8 Å². The van der Waals surface area contributed by atoms with Crippen LogP contribution in [-0.2, 0) is 4.79 Å². The molecule has 1 N–H and O–H groups in total. The molecular weight excluding hydrogens is 433 g/mol. The van der Waals surface area contributed by atoms with Crippen molar-refractivity contribution >= 4 is 28.9 Å². The summed E-state index contributed by atoms with van der Waals surface area (Å²) < 4.78 is 14.6. The van der Waals surface area contributed by atoms with Gasteiger partial charge in [0.1, 0.15) is 10.8 Å². The van der Waals surface area contributed by atoms with Crippen LogP contribution < -0.4 is 15.8 Å². The summed E-state index contributed by atoms with van der Waals surface area (Å²) in [6, 6.07) is 14.5. The fourth-order valence-corrected chi connectivity index (χ4v) is 3.97. The van der Waals surface area contributed by atoms with E-state index in [2.05, 4.69) is 10.4 Å². The van der Waals surface area contributed by atoms with Gasteiger partial charge in [0.2, 0.25) is 5.91 Å². The Labute approximate surface area is 190 Å². The van der Waals surface area contributed by atoms with Crippen molar-refractivity contribution in [3.8, 4) is 5.69 Å². The summed E-state index contributed by atoms with van der Waals surface area (Å²) in [6.45, 7) is 4.22. The van der Waals surface area contributed by atoms with Crippen LogP contribution in [0.25, 0.3) is 5.69 Å². The third-order valence-electron chi connectivity index (χ3n) is 5.58. The molecule has 0 radical (unpaired) electrons. The van der Waals surface area contributed by atoms with Crippen LogP contribution in [0, 0.1) is 5.82 Å². The molecule has 1 unspecified atom stereocenters. The smallest absolute Gasteiger partial charge is 0.292 e. The first-order valence-corrected chi connectivity index (χ1v) is 10.7. The van der Waals surface area contributed by atoms with E-state index in [4.69, 9.17) is 11.6 Å². The van der Waals surface area contributed by atoms with E-state index in [1.807, 2.05) is 34.9 Å². The van der Waals surface area contributed by atoms with Crippen LogP contribution >= 0.6 is 11.6 Å². The molecule has 1 aliphatic rings. The predicted molar refractivity (Wildman–Crippen MR) is 123 cm³/mol. The minimum absolute atomic E-state index is 0.120. The molecule has 0 saturated carbocycles. The summed E-state index contributed by atoms with van der Waals surface area (Å²) in [5.41, 5.74) is 1.28. The van der Waals surface area contributed by atoms with Gasteiger partial charge in [0.15, 0.2) is 0 Å². The third kappa shape index (κ3) is 4.66. The minimum atomic E-state index is -0.399. The van der Waals surface area contributed by atoms with Crippen molar-refractivity contribution in [2.75, 3.05) is 36.4 Å². The quantitative estimate of drug-likeness (QED) is 0.640. The molecule has 1 atom stereocenters. The van der Waals surface area contributed by atoms with Crippen molar-refractivity contribution < 1.29 is 9.18 Å². The lowest BCUT2D eigenvalue weighted by Gasteiger charge is -2.38. The second-order valence-electron chi connectivity index (χ2n) is 7.59. The molecule has 0 aliphatic carbocycles. The van der Waals surface area contributed by atoms with Crippen LogP contribution in [0.3, 0.4) is 0 Å². The topological polar surface area (TPSA) is 70.5 Å². The average molecular weight is 456 g/mol. The molecule has 7 nitrogen and oxygen atoms in total. The minimum Gasteiger partial charge on any atom is -0.366 e. The summed E-state index contributed by atoms with van der Waals surface area (Å²) in [5, 5.41) is 7.16. The molecule has 32 heavy (non-hydrogen) atoms. The molecule has 2 aromatic carbocycles. The van der Waals surface area contributed by atoms with Gasteiger partial charge in [0.25, 0.3) is 5.56 Å². The van der Waals surface area contributed by atoms with Crippen LogP contribution in [-0.4, -0.2) is 52.8 Å². The molecule has 2 heterocycles. The molecule has 1 saturated heterocycles. The zero-order chi connectivity index (χ0) is 22.7. The molecule has 166 valence electrons. The van der Waals surface area contributed by atoms with Gasteiger partial charge in [-0.1, -0.05) is 35.9 Å². The SMILES string of the molecule is CC(C(=O)Nc1cccc(F)c1)N1CCN(c2cnn(-c3ccccc3)c(=O)c2Cl)CC1. The van der Waals surface area contributed by atoms with Gasteiger partial charge in [0, 0.05) is 31.9 Å². The Hall–Kier alpha value is -3.23. The van der Waals surface area contributed by atoms with Gasteiger partial charge in [-0.3, -0.25) is 14.5 Å². The molecule has 0 bridgehead atoms. The third-order valence-corrected chi connectivity index (χ3v) is 5.93. The van der Waals surface area contributed by atoms with E-state index in [0.29, 0.717) is 43.2 Å². The number of hydrogen-bond acceptors (Lipinski definition) is 5. The molecule has 4 rings (SSSR count). The number of hydrogen-bond donors (Lipinski definition) is 1. The van der Waals surface area contributed by atoms with Crippen LogP contribution in [0.1, 0.15) is 6.92 Å². The zero-order valence-electron chi connectivity index (χ0n) is 17.5. The second-order valence-corrected chi connectivity index (χ2v) is 7.97. The van der Waals surface area contributed by atoms with Crippen molar-refractivity contribution in [1.82, 2.24) is 14.7 Å². The first-order valence-electron chi connectivity index (χ1n) is 10.3. The number of rotatable bonds is 5. The van der Waals surface area contributed by atoms with E-state index in [1.54, 1.807) is 30.5 Å². The van der Waals surface area contributed by atoms with Gasteiger partial charge in [0.05, 0.1) is 23.6 Å². The second kappa shape index (κ2) is 9.50. The Bertz CT molecular complexity index is 1160. The van der Waals surface area contributed by atoms with Crippen molar-refractivity contribution in [2.45, 2.75) is 13.0 Å². The molecule has 1 fully saturated rings. The monoisotopic (exact) mass is 455 g/mol. The molecule has 1 amide bonds. The number of piperazine rings is 1. The number of aromatic nitrogens is 2. The summed E-state index contributed by atoms with van der Waals surface area (Å²) >= 11 is 6.41. The number of amides is 1. The van der Waals surface area contributed by atoms with Crippen molar-refractivity contribution in [2.24, 2.45) is 0 Å². The predicted octanol–water partition coefficient (Wildman–Crippen LogP) is 3.17. The number of carbonyl (C=O) groups is 1. The van der Waals surface area contributed by atoms with Crippen molar-refractivity contribution in [3.63, 3.8) is 0 Å². The maximum Gasteiger partial charge on any atom is 0.292 e. The van der Waals surface area contributed by atoms with Gasteiger partial charge in [-0.15, -0.1) is 0 Å². The van der Waals surface area contributed by atoms with E-state index in [-0.39, 0.29) is 22.5 Å². The Morgan fingerprint density at radius 3 is 2.50 bits per heavy atom. The standard InChI is InChI=1S/C23H23ClFN5O2/c1-16(22(31)27-18-7-5-6-17(25)14-18)28-10-12-29(13-11-28)20-15-26-30(23(32)21(20)24)19-8-3-2-4-9-19/h2-9,14-16H,10-13H2,1H3,(H,27,31). The summed E-state index contributed by atoms with van der Waals surface area (Å²) in [7, 11) is 0. The van der Waals surface area contributed by atoms with Crippen LogP contribution in [0.5, 0.6) is 0 Å². The molecular formula is C23H23ClFN5O2. The highest BCUT2D eigenvalue weighted by Crippen LogP contribution is 2.23. The summed E-state index contributed by atoms with van der Waals surface area (Å²) in [6.07, 6.45) is 1.60. The zero-order valence-corrected chi connectivity index (χ0v) is 18.3. The number of nitrogens with one attached hydrogen (secondary N) is 1. The van der Waals surface area contributed by atoms with Crippen LogP contribution in [0.15, 0.2) is 65.6 Å². The lowest BCUT2D eigenvalue weighted by Crippen LogP contribution is -2.53. The van der Waals surface area contributed by atoms with E-state index >= 15 is 0 Å². The number of anilines is 2. The Morgan fingerprint density at radius 2 is 1.81 bits per heavy atom. The summed E-state index contributed by atoms with van der Waals surface area (Å²) in [4.78, 5) is 29.4. The van der Waals surface area contributed by atoms with E-state index in [0.717, 1.165) is 0 Å². The first kappa shape index (κ1) is 22.0. The number of nitrogens with zero attached hydrogens (tertiary/aromatic N) is 4. The first-order chi connectivity index (χ1) is 15.4. The Kier molecular flexibility index (Phi) is 6.53. The number of halogens is 2. The highest BCUT2D eigenvalue weighted by molar-refractivity contribution is 6.33.